The van der Waals surface area contributed by atoms with E-state index >= 15 is 0 Å². The summed E-state index contributed by atoms with van der Waals surface area (Å²) in [5, 5.41) is 0. The highest BCUT2D eigenvalue weighted by molar-refractivity contribution is 5.63. The molecule has 0 saturated heterocycles. The zero-order valence-electron chi connectivity index (χ0n) is 12.8. The zero-order valence-corrected chi connectivity index (χ0v) is 12.8. The second kappa shape index (κ2) is 5.24. The first kappa shape index (κ1) is 13.9. The Morgan fingerprint density at radius 1 is 1.05 bits per heavy atom. The molecule has 2 rings (SSSR count). The maximum atomic E-state index is 6.07. The number of fused-ring (bicyclic) bond motifs is 1. The molecule has 0 saturated carbocycles. The van der Waals surface area contributed by atoms with Crippen LogP contribution in [0.3, 0.4) is 0 Å². The molecule has 0 amide bonds. The fraction of sp³-hybridized carbons (Fsp3) is 0.562. The van der Waals surface area contributed by atoms with Crippen LogP contribution < -0.4 is 9.64 Å². The lowest BCUT2D eigenvalue weighted by atomic mass is 9.98. The third kappa shape index (κ3) is 2.46. The second-order valence-corrected chi connectivity index (χ2v) is 5.95. The van der Waals surface area contributed by atoms with E-state index in [2.05, 4.69) is 57.5 Å². The van der Waals surface area contributed by atoms with Gasteiger partial charge in [0.15, 0.2) is 0 Å². The summed E-state index contributed by atoms with van der Waals surface area (Å²) in [5.41, 5.74) is 2.36. The molecule has 0 unspecified atom stereocenters. The van der Waals surface area contributed by atoms with E-state index in [1.165, 1.54) is 5.70 Å². The monoisotopic (exact) mass is 260 g/mol. The van der Waals surface area contributed by atoms with Crippen LogP contribution in [0, 0.1) is 11.8 Å². The minimum Gasteiger partial charge on any atom is -0.439 e. The molecule has 1 aromatic heterocycles. The highest BCUT2D eigenvalue weighted by Crippen LogP contribution is 2.41. The number of rotatable bonds is 3. The molecular weight excluding hydrogens is 236 g/mol. The van der Waals surface area contributed by atoms with E-state index in [4.69, 9.17) is 4.74 Å². The van der Waals surface area contributed by atoms with E-state index in [0.717, 1.165) is 17.3 Å². The number of ether oxygens (including phenoxy) is 1. The lowest BCUT2D eigenvalue weighted by Gasteiger charge is -2.39. The third-order valence-electron chi connectivity index (χ3n) is 3.32. The number of hydrogen-bond acceptors (Lipinski definition) is 3. The van der Waals surface area contributed by atoms with Crippen LogP contribution in [0.1, 0.15) is 41.5 Å². The minimum absolute atomic E-state index is 0.355. The van der Waals surface area contributed by atoms with E-state index in [1.54, 1.807) is 6.20 Å². The number of anilines is 1. The van der Waals surface area contributed by atoms with E-state index in [0.29, 0.717) is 17.9 Å². The Morgan fingerprint density at radius 2 is 1.74 bits per heavy atom. The summed E-state index contributed by atoms with van der Waals surface area (Å²) in [6, 6.07) is 4.44. The zero-order chi connectivity index (χ0) is 14.2. The molecule has 104 valence electrons. The van der Waals surface area contributed by atoms with E-state index in [1.807, 2.05) is 6.07 Å². The van der Waals surface area contributed by atoms with Gasteiger partial charge in [-0.05, 0) is 31.9 Å². The summed E-state index contributed by atoms with van der Waals surface area (Å²) in [4.78, 5) is 6.75. The molecule has 0 spiro atoms. The smallest absolute Gasteiger partial charge is 0.243 e. The molecule has 0 bridgehead atoms. The van der Waals surface area contributed by atoms with Crippen molar-refractivity contribution in [2.24, 2.45) is 11.8 Å². The highest BCUT2D eigenvalue weighted by atomic mass is 16.5. The molecule has 2 heterocycles. The topological polar surface area (TPSA) is 25.4 Å². The summed E-state index contributed by atoms with van der Waals surface area (Å²) in [6.07, 6.45) is 1.79. The fourth-order valence-corrected chi connectivity index (χ4v) is 2.58. The molecule has 1 aliphatic heterocycles. The van der Waals surface area contributed by atoms with Gasteiger partial charge in [0.1, 0.15) is 11.4 Å². The summed E-state index contributed by atoms with van der Waals surface area (Å²) < 4.78 is 6.07. The van der Waals surface area contributed by atoms with Crippen LogP contribution in [-0.4, -0.2) is 11.0 Å². The Bertz CT molecular complexity index is 489. The van der Waals surface area contributed by atoms with E-state index in [-0.39, 0.29) is 0 Å². The predicted octanol–water partition coefficient (Wildman–Crippen LogP) is 4.21. The van der Waals surface area contributed by atoms with Crippen LogP contribution in [-0.2, 0) is 0 Å². The molecular formula is C16H24N2O. The van der Waals surface area contributed by atoms with Crippen molar-refractivity contribution in [3.63, 3.8) is 0 Å². The number of allylic oxidation sites excluding steroid dienone is 2. The van der Waals surface area contributed by atoms with Gasteiger partial charge in [0, 0.05) is 18.2 Å². The normalized spacial score (nSPS) is 15.3. The Kier molecular flexibility index (Phi) is 3.83. The highest BCUT2D eigenvalue weighted by Gasteiger charge is 2.32. The van der Waals surface area contributed by atoms with Crippen molar-refractivity contribution in [1.82, 2.24) is 4.98 Å². The lowest BCUT2D eigenvalue weighted by Crippen LogP contribution is -2.38. The molecule has 1 aromatic rings. The molecule has 0 radical (unpaired) electrons. The Hall–Kier alpha value is -1.51. The van der Waals surface area contributed by atoms with Gasteiger partial charge in [0.05, 0.1) is 5.70 Å². The Labute approximate surface area is 116 Å². The van der Waals surface area contributed by atoms with Crippen LogP contribution >= 0.6 is 0 Å². The first-order chi connectivity index (χ1) is 8.93. The van der Waals surface area contributed by atoms with Gasteiger partial charge in [-0.1, -0.05) is 27.7 Å². The van der Waals surface area contributed by atoms with Crippen LogP contribution in [0.2, 0.25) is 0 Å². The SMILES string of the molecule is CC(C)C1=C(C(C)C)N(C(C)C)c2cccnc2O1. The van der Waals surface area contributed by atoms with Gasteiger partial charge in [-0.2, -0.15) is 0 Å². The van der Waals surface area contributed by atoms with Gasteiger partial charge in [0.25, 0.3) is 0 Å². The molecule has 1 aliphatic rings. The standard InChI is InChI=1S/C16H24N2O/c1-10(2)14-15(11(3)4)19-16-13(8-7-9-17-16)18(14)12(5)6/h7-12H,1-6H3. The van der Waals surface area contributed by atoms with Crippen molar-refractivity contribution in [3.05, 3.63) is 29.8 Å². The molecule has 3 nitrogen and oxygen atoms in total. The average molecular weight is 260 g/mol. The molecule has 0 N–H and O–H groups in total. The fourth-order valence-electron chi connectivity index (χ4n) is 2.58. The first-order valence-corrected chi connectivity index (χ1v) is 7.09. The molecule has 0 atom stereocenters. The predicted molar refractivity (Wildman–Crippen MR) is 79.2 cm³/mol. The Balaban J connectivity index is 2.62. The minimum atomic E-state index is 0.355. The lowest BCUT2D eigenvalue weighted by molar-refractivity contribution is 0.326. The molecule has 19 heavy (non-hydrogen) atoms. The van der Waals surface area contributed by atoms with Gasteiger partial charge in [0.2, 0.25) is 5.88 Å². The largest absolute Gasteiger partial charge is 0.439 e. The molecule has 0 aliphatic carbocycles. The average Bonchev–Trinajstić information content (AvgIpc) is 2.35. The maximum absolute atomic E-state index is 6.07. The second-order valence-electron chi connectivity index (χ2n) is 5.95. The van der Waals surface area contributed by atoms with Crippen LogP contribution in [0.4, 0.5) is 5.69 Å². The number of nitrogens with zero attached hydrogens (tertiary/aromatic N) is 2. The van der Waals surface area contributed by atoms with Gasteiger partial charge < -0.3 is 9.64 Å². The van der Waals surface area contributed by atoms with Gasteiger partial charge >= 0.3 is 0 Å². The van der Waals surface area contributed by atoms with E-state index in [9.17, 15) is 0 Å². The van der Waals surface area contributed by atoms with Crippen molar-refractivity contribution in [3.8, 4) is 5.88 Å². The van der Waals surface area contributed by atoms with Gasteiger partial charge in [-0.25, -0.2) is 4.98 Å². The Morgan fingerprint density at radius 3 is 2.26 bits per heavy atom. The molecule has 0 aromatic carbocycles. The van der Waals surface area contributed by atoms with Crippen LogP contribution in [0.5, 0.6) is 5.88 Å². The summed E-state index contributed by atoms with van der Waals surface area (Å²) >= 11 is 0. The van der Waals surface area contributed by atoms with Gasteiger partial charge in [-0.15, -0.1) is 0 Å². The van der Waals surface area contributed by atoms with E-state index < -0.39 is 0 Å². The molecule has 3 heteroatoms. The van der Waals surface area contributed by atoms with Crippen molar-refractivity contribution in [2.45, 2.75) is 47.6 Å². The van der Waals surface area contributed by atoms with Crippen molar-refractivity contribution in [1.29, 1.82) is 0 Å². The third-order valence-corrected chi connectivity index (χ3v) is 3.32. The van der Waals surface area contributed by atoms with Crippen LogP contribution in [0.15, 0.2) is 29.8 Å². The quantitative estimate of drug-likeness (QED) is 0.814. The number of aromatic nitrogens is 1. The summed E-state index contributed by atoms with van der Waals surface area (Å²) in [5.74, 6) is 2.56. The summed E-state index contributed by atoms with van der Waals surface area (Å²) in [6.45, 7) is 13.2. The van der Waals surface area contributed by atoms with Gasteiger partial charge in [-0.3, -0.25) is 0 Å². The first-order valence-electron chi connectivity index (χ1n) is 7.09. The van der Waals surface area contributed by atoms with Crippen molar-refractivity contribution >= 4 is 5.69 Å². The number of pyridine rings is 1. The maximum Gasteiger partial charge on any atom is 0.243 e. The van der Waals surface area contributed by atoms with Crippen molar-refractivity contribution < 1.29 is 4.74 Å². The van der Waals surface area contributed by atoms with Crippen LogP contribution in [0.25, 0.3) is 0 Å². The summed E-state index contributed by atoms with van der Waals surface area (Å²) in [7, 11) is 0. The molecule has 0 fully saturated rings. The van der Waals surface area contributed by atoms with Crippen molar-refractivity contribution in [2.75, 3.05) is 4.90 Å². The number of hydrogen-bond donors (Lipinski definition) is 0.